The lowest BCUT2D eigenvalue weighted by Gasteiger charge is -2.73. The van der Waals surface area contributed by atoms with Crippen molar-refractivity contribution in [2.45, 2.75) is 50.2 Å². The van der Waals surface area contributed by atoms with E-state index < -0.39 is 29.6 Å². The van der Waals surface area contributed by atoms with Gasteiger partial charge in [-0.1, -0.05) is 6.07 Å². The minimum absolute atomic E-state index is 0.00981. The molecule has 0 unspecified atom stereocenters. The van der Waals surface area contributed by atoms with Crippen molar-refractivity contribution in [2.75, 3.05) is 39.8 Å². The van der Waals surface area contributed by atoms with E-state index in [2.05, 4.69) is 15.2 Å². The fourth-order valence-corrected chi connectivity index (χ4v) is 8.56. The van der Waals surface area contributed by atoms with Gasteiger partial charge in [0.1, 0.15) is 6.04 Å². The first-order valence-corrected chi connectivity index (χ1v) is 15.4. The molecule has 1 aromatic heterocycles. The van der Waals surface area contributed by atoms with E-state index in [1.807, 2.05) is 9.80 Å². The normalized spacial score (nSPS) is 29.5. The molecular formula is C30H32F2N6O5S. The Balaban J connectivity index is 1.15. The summed E-state index contributed by atoms with van der Waals surface area (Å²) < 4.78 is 34.0. The van der Waals surface area contributed by atoms with Gasteiger partial charge in [-0.25, -0.2) is 23.4 Å². The molecule has 2 N–H and O–H groups in total. The van der Waals surface area contributed by atoms with Crippen LogP contribution in [0.5, 0.6) is 0 Å². The third-order valence-corrected chi connectivity index (χ3v) is 10.7. The van der Waals surface area contributed by atoms with Gasteiger partial charge in [-0.15, -0.1) is 11.3 Å². The van der Waals surface area contributed by atoms with Crippen LogP contribution in [0, 0.1) is 24.0 Å². The van der Waals surface area contributed by atoms with E-state index in [0.717, 1.165) is 25.3 Å². The number of methoxy groups -OCH3 is 1. The highest BCUT2D eigenvalue weighted by Crippen LogP contribution is 2.72. The average molecular weight is 627 g/mol. The highest BCUT2D eigenvalue weighted by molar-refractivity contribution is 7.11. The fraction of sp³-hybridized carbons (Fsp3) is 0.500. The Morgan fingerprint density at radius 3 is 2.66 bits per heavy atom. The number of rotatable bonds is 8. The number of ether oxygens (including phenoxy) is 1. The van der Waals surface area contributed by atoms with Gasteiger partial charge < -0.3 is 25.0 Å². The summed E-state index contributed by atoms with van der Waals surface area (Å²) in [6.45, 7) is 3.97. The zero-order valence-corrected chi connectivity index (χ0v) is 25.1. The van der Waals surface area contributed by atoms with Gasteiger partial charge in [0.15, 0.2) is 22.5 Å². The van der Waals surface area contributed by atoms with Crippen molar-refractivity contribution in [1.82, 2.24) is 25.0 Å². The van der Waals surface area contributed by atoms with E-state index in [4.69, 9.17) is 9.73 Å². The molecule has 232 valence electrons. The number of halogens is 2. The number of nitrogens with zero attached hydrogens (tertiary/aromatic N) is 5. The van der Waals surface area contributed by atoms with Gasteiger partial charge in [0.2, 0.25) is 0 Å². The molecule has 3 aliphatic heterocycles. The number of thiazole rings is 1. The number of amides is 2. The molecule has 3 aliphatic carbocycles. The van der Waals surface area contributed by atoms with Crippen molar-refractivity contribution in [3.8, 4) is 0 Å². The Hall–Kier alpha value is -3.91. The van der Waals surface area contributed by atoms with Crippen molar-refractivity contribution >= 4 is 35.1 Å². The number of hydrogen-bond donors (Lipinski definition) is 2. The third kappa shape index (κ3) is 4.48. The summed E-state index contributed by atoms with van der Waals surface area (Å²) in [6.07, 6.45) is 4.01. The first kappa shape index (κ1) is 28.8. The Bertz CT molecular complexity index is 1610. The van der Waals surface area contributed by atoms with Crippen molar-refractivity contribution in [1.29, 1.82) is 0 Å². The number of fused-ring (bicyclic) bond motifs is 1. The molecule has 2 amide bonds. The first-order valence-electron chi connectivity index (χ1n) is 14.6. The first-order chi connectivity index (χ1) is 21.0. The van der Waals surface area contributed by atoms with Crippen LogP contribution >= 0.6 is 11.3 Å². The number of piperazine rings is 1. The van der Waals surface area contributed by atoms with Gasteiger partial charge in [0.05, 0.1) is 25.1 Å². The maximum Gasteiger partial charge on any atom is 0.338 e. The van der Waals surface area contributed by atoms with E-state index in [0.29, 0.717) is 54.8 Å². The summed E-state index contributed by atoms with van der Waals surface area (Å²) in [5, 5.41) is 14.9. The van der Waals surface area contributed by atoms with Gasteiger partial charge in [-0.2, -0.15) is 0 Å². The number of urea groups is 1. The van der Waals surface area contributed by atoms with Gasteiger partial charge in [0, 0.05) is 55.5 Å². The van der Waals surface area contributed by atoms with Gasteiger partial charge >= 0.3 is 18.0 Å². The van der Waals surface area contributed by atoms with Crippen molar-refractivity contribution < 1.29 is 33.0 Å². The molecule has 2 aromatic rings. The molecule has 3 saturated carbocycles. The number of aromatic nitrogens is 1. The molecule has 2 saturated heterocycles. The van der Waals surface area contributed by atoms with Crippen LogP contribution in [0.4, 0.5) is 13.6 Å². The number of carbonyl (C=O) groups is 3. The molecule has 5 fully saturated rings. The highest BCUT2D eigenvalue weighted by Gasteiger charge is 2.72. The minimum atomic E-state index is -0.998. The zero-order valence-electron chi connectivity index (χ0n) is 24.3. The third-order valence-electron chi connectivity index (χ3n) is 9.87. The zero-order chi connectivity index (χ0) is 31.0. The molecule has 0 spiro atoms. The largest absolute Gasteiger partial charge is 0.481 e. The predicted molar refractivity (Wildman–Crippen MR) is 155 cm³/mol. The summed E-state index contributed by atoms with van der Waals surface area (Å²) in [5.74, 6) is -3.00. The molecular weight excluding hydrogens is 594 g/mol. The van der Waals surface area contributed by atoms with Gasteiger partial charge in [-0.05, 0) is 48.8 Å². The monoisotopic (exact) mass is 626 g/mol. The van der Waals surface area contributed by atoms with Gasteiger partial charge in [-0.3, -0.25) is 14.7 Å². The summed E-state index contributed by atoms with van der Waals surface area (Å²) in [6, 6.07) is 1.47. The molecule has 44 heavy (non-hydrogen) atoms. The summed E-state index contributed by atoms with van der Waals surface area (Å²) in [7, 11) is 1.27. The molecule has 14 heteroatoms. The predicted octanol–water partition coefficient (Wildman–Crippen LogP) is 3.07. The maximum absolute atomic E-state index is 14.7. The van der Waals surface area contributed by atoms with Crippen LogP contribution in [-0.2, 0) is 14.3 Å². The molecule has 0 radical (unpaired) electrons. The van der Waals surface area contributed by atoms with Crippen LogP contribution in [0.2, 0.25) is 0 Å². The number of carboxylic acids is 1. The second-order valence-corrected chi connectivity index (χ2v) is 13.5. The van der Waals surface area contributed by atoms with Gasteiger partial charge in [0.25, 0.3) is 0 Å². The smallest absolute Gasteiger partial charge is 0.338 e. The van der Waals surface area contributed by atoms with Crippen LogP contribution in [0.15, 0.2) is 40.0 Å². The van der Waals surface area contributed by atoms with E-state index in [1.54, 1.807) is 11.6 Å². The Morgan fingerprint density at radius 2 is 1.98 bits per heavy atom. The highest BCUT2D eigenvalue weighted by atomic mass is 32.1. The molecule has 6 aliphatic rings. The van der Waals surface area contributed by atoms with Crippen LogP contribution in [0.3, 0.4) is 0 Å². The van der Waals surface area contributed by atoms with Crippen molar-refractivity contribution in [2.24, 2.45) is 10.4 Å². The Morgan fingerprint density at radius 1 is 1.20 bits per heavy atom. The lowest BCUT2D eigenvalue weighted by molar-refractivity contribution is -0.208. The van der Waals surface area contributed by atoms with E-state index in [9.17, 15) is 28.3 Å². The standard InChI is InChI=1S/C30H32F2N6O5S/c1-16-18(3-4-19(31)23(16)32)24-22(27(41)43-2)20(34-25(35-24)26-33-5-8-44-26)12-36-6-7-37-17(10-36)11-38(28(37)42)30-13-29(14-30,15-30)9-21(39)40/h3-5,8,17,24H,6-7,9-15H2,1-2H3,(H,34,35)(H,39,40)/t17-,24-,29?,30?/m0/s1. The molecule has 11 nitrogen and oxygen atoms in total. The summed E-state index contributed by atoms with van der Waals surface area (Å²) in [4.78, 5) is 53.1. The van der Waals surface area contributed by atoms with Crippen LogP contribution < -0.4 is 5.32 Å². The van der Waals surface area contributed by atoms with Crippen molar-refractivity contribution in [3.05, 3.63) is 62.7 Å². The molecule has 2 atom stereocenters. The Kier molecular flexibility index (Phi) is 6.77. The number of aliphatic carboxylic acids is 1. The molecule has 4 heterocycles. The summed E-state index contributed by atoms with van der Waals surface area (Å²) in [5.41, 5.74) is 0.732. The van der Waals surface area contributed by atoms with Crippen LogP contribution in [0.1, 0.15) is 47.9 Å². The number of amidine groups is 1. The van der Waals surface area contributed by atoms with E-state index in [1.165, 1.54) is 31.4 Å². The summed E-state index contributed by atoms with van der Waals surface area (Å²) >= 11 is 1.36. The molecule has 2 bridgehead atoms. The number of carboxylic acid groups (broad SMARTS) is 1. The lowest BCUT2D eigenvalue weighted by atomic mass is 9.38. The number of nitrogens with one attached hydrogen (secondary N) is 1. The minimum Gasteiger partial charge on any atom is -0.481 e. The lowest BCUT2D eigenvalue weighted by Crippen LogP contribution is -2.75. The number of benzene rings is 1. The fourth-order valence-electron chi connectivity index (χ4n) is 7.98. The quantitative estimate of drug-likeness (QED) is 0.428. The van der Waals surface area contributed by atoms with Crippen LogP contribution in [0.25, 0.3) is 0 Å². The number of carbonyl (C=O) groups excluding carboxylic acids is 2. The van der Waals surface area contributed by atoms with E-state index in [-0.39, 0.29) is 40.6 Å². The topological polar surface area (TPSA) is 128 Å². The van der Waals surface area contributed by atoms with E-state index >= 15 is 0 Å². The second kappa shape index (κ2) is 10.3. The SMILES string of the molecule is COC(=O)C1=C(CN2CCN3C(=O)N(C45CC(CC(=O)O)(C4)C5)C[C@@H]3C2)NC(c2nccs2)=N[C@H]1c1ccc(F)c(F)c1C. The van der Waals surface area contributed by atoms with Crippen LogP contribution in [-0.4, -0.2) is 100 Å². The average Bonchev–Trinajstić information content (AvgIpc) is 3.61. The number of esters is 1. The Labute approximate surface area is 256 Å². The molecule has 8 rings (SSSR count). The number of aliphatic imine (C=N–C) groups is 1. The molecule has 1 aromatic carbocycles. The van der Waals surface area contributed by atoms with Crippen molar-refractivity contribution in [3.63, 3.8) is 0 Å². The number of hydrogen-bond acceptors (Lipinski definition) is 9. The second-order valence-electron chi connectivity index (χ2n) is 12.6. The maximum atomic E-state index is 14.7.